The van der Waals surface area contributed by atoms with Crippen molar-refractivity contribution in [2.75, 3.05) is 36.4 Å². The molecule has 0 bridgehead atoms. The number of furan rings is 1. The molecule has 0 radical (unpaired) electrons. The topological polar surface area (TPSA) is 77.8 Å². The molecule has 4 rings (SSSR count). The van der Waals surface area contributed by atoms with E-state index in [0.29, 0.717) is 28.0 Å². The molecular formula is C28H28Cl2N4O3S. The summed E-state index contributed by atoms with van der Waals surface area (Å²) in [7, 11) is 0. The number of nitrogens with one attached hydrogen (secondary N) is 2. The van der Waals surface area contributed by atoms with E-state index < -0.39 is 5.91 Å². The molecule has 7 nitrogen and oxygen atoms in total. The largest absolute Gasteiger partial charge is 0.457 e. The highest BCUT2D eigenvalue weighted by Crippen LogP contribution is 2.29. The Morgan fingerprint density at radius 2 is 1.68 bits per heavy atom. The molecule has 2 heterocycles. The monoisotopic (exact) mass is 570 g/mol. The Morgan fingerprint density at radius 3 is 2.34 bits per heavy atom. The van der Waals surface area contributed by atoms with Gasteiger partial charge in [-0.25, -0.2) is 0 Å². The minimum atomic E-state index is -0.390. The number of carbonyl (C=O) groups excluding carboxylic acids is 2. The van der Waals surface area contributed by atoms with E-state index in [9.17, 15) is 9.59 Å². The average molecular weight is 572 g/mol. The van der Waals surface area contributed by atoms with Gasteiger partial charge in [0.1, 0.15) is 11.5 Å². The summed E-state index contributed by atoms with van der Waals surface area (Å²) >= 11 is 17.4. The van der Waals surface area contributed by atoms with Gasteiger partial charge < -0.3 is 19.5 Å². The van der Waals surface area contributed by atoms with Crippen LogP contribution in [0.2, 0.25) is 10.0 Å². The lowest BCUT2D eigenvalue weighted by Crippen LogP contribution is -2.48. The van der Waals surface area contributed by atoms with Crippen LogP contribution in [0.3, 0.4) is 0 Å². The van der Waals surface area contributed by atoms with Crippen molar-refractivity contribution in [2.45, 2.75) is 19.8 Å². The summed E-state index contributed by atoms with van der Waals surface area (Å²) < 4.78 is 5.76. The molecule has 0 aliphatic carbocycles. The third-order valence-corrected chi connectivity index (χ3v) is 6.64. The van der Waals surface area contributed by atoms with Crippen molar-refractivity contribution in [2.24, 2.45) is 0 Å². The second-order valence-electron chi connectivity index (χ2n) is 8.80. The molecule has 38 heavy (non-hydrogen) atoms. The first-order chi connectivity index (χ1) is 18.3. The molecule has 0 spiro atoms. The first-order valence-electron chi connectivity index (χ1n) is 12.3. The van der Waals surface area contributed by atoms with Crippen molar-refractivity contribution < 1.29 is 14.0 Å². The van der Waals surface area contributed by atoms with Crippen LogP contribution in [0.1, 0.15) is 25.5 Å². The molecule has 1 saturated heterocycles. The molecule has 2 N–H and O–H groups in total. The van der Waals surface area contributed by atoms with Crippen molar-refractivity contribution in [1.82, 2.24) is 10.2 Å². The maximum Gasteiger partial charge on any atom is 0.250 e. The van der Waals surface area contributed by atoms with Crippen molar-refractivity contribution in [3.8, 4) is 11.3 Å². The minimum absolute atomic E-state index is 0.184. The Bertz CT molecular complexity index is 1310. The molecule has 198 valence electrons. The van der Waals surface area contributed by atoms with Gasteiger partial charge in [0.15, 0.2) is 5.11 Å². The average Bonchev–Trinajstić information content (AvgIpc) is 3.37. The van der Waals surface area contributed by atoms with Gasteiger partial charge in [0.25, 0.3) is 0 Å². The molecule has 2 aromatic carbocycles. The fourth-order valence-electron chi connectivity index (χ4n) is 4.11. The number of nitrogens with zero attached hydrogens (tertiary/aromatic N) is 2. The summed E-state index contributed by atoms with van der Waals surface area (Å²) in [5, 5.41) is 6.85. The van der Waals surface area contributed by atoms with Gasteiger partial charge in [-0.1, -0.05) is 30.1 Å². The smallest absolute Gasteiger partial charge is 0.250 e. The van der Waals surface area contributed by atoms with Crippen molar-refractivity contribution in [1.29, 1.82) is 0 Å². The standard InChI is InChI=1S/C28H28Cl2N4O3S/c1-2-3-27(36)34-14-12-33(13-15-34)23-6-4-22(5-7-23)31-28(38)32-26(35)11-9-24-8-10-25(37-24)19-16-20(29)18-21(30)17-19/h4-11,16-18H,2-3,12-15H2,1H3,(H2,31,32,35,38)/b11-9+. The Balaban J connectivity index is 1.25. The van der Waals surface area contributed by atoms with E-state index >= 15 is 0 Å². The summed E-state index contributed by atoms with van der Waals surface area (Å²) in [6.45, 7) is 5.09. The highest BCUT2D eigenvalue weighted by atomic mass is 35.5. The maximum atomic E-state index is 12.3. The molecule has 1 fully saturated rings. The van der Waals surface area contributed by atoms with Crippen LogP contribution in [0.15, 0.2) is 65.1 Å². The van der Waals surface area contributed by atoms with Crippen LogP contribution >= 0.6 is 35.4 Å². The lowest BCUT2D eigenvalue weighted by Gasteiger charge is -2.36. The number of amides is 2. The fraction of sp³-hybridized carbons (Fsp3) is 0.250. The van der Waals surface area contributed by atoms with Gasteiger partial charge >= 0.3 is 0 Å². The molecule has 10 heteroatoms. The quantitative estimate of drug-likeness (QED) is 0.259. The summed E-state index contributed by atoms with van der Waals surface area (Å²) in [6.07, 6.45) is 4.38. The molecular weight excluding hydrogens is 543 g/mol. The third kappa shape index (κ3) is 7.60. The Hall–Kier alpha value is -3.33. The van der Waals surface area contributed by atoms with Gasteiger partial charge in [-0.3, -0.25) is 14.9 Å². The van der Waals surface area contributed by atoms with Crippen LogP contribution in [-0.2, 0) is 9.59 Å². The molecule has 3 aromatic rings. The molecule has 2 amide bonds. The first kappa shape index (κ1) is 27.7. The Kier molecular flexibility index (Phi) is 9.44. The lowest BCUT2D eigenvalue weighted by molar-refractivity contribution is -0.131. The number of hydrogen-bond acceptors (Lipinski definition) is 5. The van der Waals surface area contributed by atoms with E-state index in [-0.39, 0.29) is 11.0 Å². The predicted octanol–water partition coefficient (Wildman–Crippen LogP) is 6.23. The normalized spacial score (nSPS) is 13.6. The van der Waals surface area contributed by atoms with Crippen LogP contribution < -0.4 is 15.5 Å². The van der Waals surface area contributed by atoms with Crippen LogP contribution in [-0.4, -0.2) is 48.0 Å². The molecule has 1 aliphatic heterocycles. The molecule has 0 atom stereocenters. The van der Waals surface area contributed by atoms with E-state index in [1.807, 2.05) is 36.1 Å². The minimum Gasteiger partial charge on any atom is -0.457 e. The van der Waals surface area contributed by atoms with Gasteiger partial charge in [0.05, 0.1) is 0 Å². The van der Waals surface area contributed by atoms with Crippen LogP contribution in [0, 0.1) is 0 Å². The Morgan fingerprint density at radius 1 is 1.00 bits per heavy atom. The number of thiocarbonyl (C=S) groups is 1. The van der Waals surface area contributed by atoms with Gasteiger partial charge in [0, 0.05) is 65.7 Å². The van der Waals surface area contributed by atoms with Crippen LogP contribution in [0.25, 0.3) is 17.4 Å². The summed E-state index contributed by atoms with van der Waals surface area (Å²) in [5.41, 5.74) is 2.58. The van der Waals surface area contributed by atoms with Gasteiger partial charge in [-0.2, -0.15) is 0 Å². The second-order valence-corrected chi connectivity index (χ2v) is 10.1. The number of anilines is 2. The number of rotatable bonds is 7. The fourth-order valence-corrected chi connectivity index (χ4v) is 4.85. The summed E-state index contributed by atoms with van der Waals surface area (Å²) in [5.74, 6) is 0.922. The summed E-state index contributed by atoms with van der Waals surface area (Å²) in [6, 6.07) is 16.5. The zero-order chi connectivity index (χ0) is 27.1. The lowest BCUT2D eigenvalue weighted by atomic mass is 10.2. The number of halogens is 2. The molecule has 1 aromatic heterocycles. The van der Waals surface area contributed by atoms with E-state index in [4.69, 9.17) is 39.8 Å². The number of carbonyl (C=O) groups is 2. The number of benzene rings is 2. The van der Waals surface area contributed by atoms with Crippen LogP contribution in [0.4, 0.5) is 11.4 Å². The second kappa shape index (κ2) is 13.0. The van der Waals surface area contributed by atoms with Crippen LogP contribution in [0.5, 0.6) is 0 Å². The van der Waals surface area contributed by atoms with E-state index in [0.717, 1.165) is 49.5 Å². The highest BCUT2D eigenvalue weighted by molar-refractivity contribution is 7.80. The molecule has 1 aliphatic rings. The Labute approximate surface area is 237 Å². The van der Waals surface area contributed by atoms with Gasteiger partial charge in [-0.05, 0) is 79.3 Å². The molecule has 0 saturated carbocycles. The van der Waals surface area contributed by atoms with Crippen molar-refractivity contribution in [3.63, 3.8) is 0 Å². The third-order valence-electron chi connectivity index (χ3n) is 6.00. The predicted molar refractivity (Wildman–Crippen MR) is 158 cm³/mol. The first-order valence-corrected chi connectivity index (χ1v) is 13.5. The van der Waals surface area contributed by atoms with Crippen molar-refractivity contribution in [3.05, 3.63) is 76.5 Å². The SMILES string of the molecule is CCCC(=O)N1CCN(c2ccc(NC(=S)NC(=O)/C=C/c3ccc(-c4cc(Cl)cc(Cl)c4)o3)cc2)CC1. The molecule has 0 unspecified atom stereocenters. The summed E-state index contributed by atoms with van der Waals surface area (Å²) in [4.78, 5) is 28.6. The van der Waals surface area contributed by atoms with E-state index in [1.165, 1.54) is 6.08 Å². The zero-order valence-electron chi connectivity index (χ0n) is 20.9. The van der Waals surface area contributed by atoms with Crippen molar-refractivity contribution >= 4 is 69.8 Å². The highest BCUT2D eigenvalue weighted by Gasteiger charge is 2.20. The zero-order valence-corrected chi connectivity index (χ0v) is 23.2. The van der Waals surface area contributed by atoms with E-state index in [1.54, 1.807) is 36.4 Å². The number of hydrogen-bond donors (Lipinski definition) is 2. The van der Waals surface area contributed by atoms with Gasteiger partial charge in [-0.15, -0.1) is 0 Å². The maximum absolute atomic E-state index is 12.3. The van der Waals surface area contributed by atoms with Gasteiger partial charge in [0.2, 0.25) is 11.8 Å². The van der Waals surface area contributed by atoms with E-state index in [2.05, 4.69) is 15.5 Å². The number of piperazine rings is 1.